The maximum atomic E-state index is 12.4. The van der Waals surface area contributed by atoms with Gasteiger partial charge in [0, 0.05) is 32.7 Å². The minimum atomic E-state index is -0.0981. The number of ether oxygens (including phenoxy) is 1. The topological polar surface area (TPSA) is 111 Å². The normalized spacial score (nSPS) is 13.9. The van der Waals surface area contributed by atoms with Crippen molar-refractivity contribution in [1.29, 1.82) is 10.5 Å². The van der Waals surface area contributed by atoms with Crippen LogP contribution in [0, 0.1) is 22.7 Å². The predicted molar refractivity (Wildman–Crippen MR) is 96.5 cm³/mol. The zero-order valence-electron chi connectivity index (χ0n) is 14.9. The summed E-state index contributed by atoms with van der Waals surface area (Å²) in [5, 5.41) is 26.7. The maximum absolute atomic E-state index is 12.4. The molecular formula is C16H23N7O2S. The van der Waals surface area contributed by atoms with E-state index in [9.17, 15) is 4.79 Å². The molecule has 140 valence electrons. The van der Waals surface area contributed by atoms with Gasteiger partial charge < -0.3 is 14.5 Å². The Balaban J connectivity index is 1.99. The van der Waals surface area contributed by atoms with Gasteiger partial charge in [0.25, 0.3) is 0 Å². The summed E-state index contributed by atoms with van der Waals surface area (Å²) in [4.78, 5) is 16.1. The Hall–Kier alpha value is -2.30. The molecule has 0 unspecified atom stereocenters. The molecule has 0 N–H and O–H groups in total. The average molecular weight is 377 g/mol. The number of thioether (sulfide) groups is 1. The first-order valence-corrected chi connectivity index (χ1v) is 9.60. The minimum absolute atomic E-state index is 0.0981. The molecule has 1 aliphatic heterocycles. The van der Waals surface area contributed by atoms with Crippen LogP contribution < -0.4 is 4.90 Å². The van der Waals surface area contributed by atoms with Crippen LogP contribution in [-0.4, -0.2) is 70.7 Å². The van der Waals surface area contributed by atoms with Crippen molar-refractivity contribution in [3.05, 3.63) is 0 Å². The number of hydrogen-bond donors (Lipinski definition) is 0. The molecule has 0 saturated carbocycles. The van der Waals surface area contributed by atoms with Gasteiger partial charge in [0.05, 0.1) is 43.9 Å². The predicted octanol–water partition coefficient (Wildman–Crippen LogP) is 0.883. The number of amides is 1. The lowest BCUT2D eigenvalue weighted by atomic mass is 10.3. The van der Waals surface area contributed by atoms with E-state index in [1.165, 1.54) is 11.8 Å². The lowest BCUT2D eigenvalue weighted by molar-refractivity contribution is -0.128. The number of anilines is 1. The van der Waals surface area contributed by atoms with Crippen molar-refractivity contribution in [2.75, 3.05) is 50.0 Å². The zero-order valence-corrected chi connectivity index (χ0v) is 15.7. The second-order valence-corrected chi connectivity index (χ2v) is 6.55. The van der Waals surface area contributed by atoms with Crippen LogP contribution in [0.25, 0.3) is 0 Å². The molecule has 1 fully saturated rings. The molecule has 1 aromatic heterocycles. The highest BCUT2D eigenvalue weighted by Crippen LogP contribution is 2.23. The van der Waals surface area contributed by atoms with Crippen LogP contribution in [-0.2, 0) is 16.1 Å². The van der Waals surface area contributed by atoms with E-state index in [0.717, 1.165) is 19.0 Å². The number of rotatable bonds is 9. The summed E-state index contributed by atoms with van der Waals surface area (Å²) in [5.74, 6) is 0.911. The third-order valence-electron chi connectivity index (χ3n) is 3.97. The summed E-state index contributed by atoms with van der Waals surface area (Å²) in [6, 6.07) is 4.07. The summed E-state index contributed by atoms with van der Waals surface area (Å²) >= 11 is 1.33. The third kappa shape index (κ3) is 5.35. The standard InChI is InChI=1S/C16H23N7O2S/c1-2-23-15(22-9-11-25-12-10-22)19-20-16(23)26-13-14(24)21(7-3-5-17)8-4-6-18/h2-4,7-13H2,1H3. The molecule has 1 aromatic rings. The molecule has 1 saturated heterocycles. The Morgan fingerprint density at radius 2 is 1.88 bits per heavy atom. The number of carbonyl (C=O) groups is 1. The molecule has 9 nitrogen and oxygen atoms in total. The van der Waals surface area contributed by atoms with Crippen LogP contribution in [0.15, 0.2) is 5.16 Å². The molecule has 0 aliphatic carbocycles. The Morgan fingerprint density at radius 1 is 1.23 bits per heavy atom. The smallest absolute Gasteiger partial charge is 0.233 e. The van der Waals surface area contributed by atoms with E-state index in [1.807, 2.05) is 23.6 Å². The summed E-state index contributed by atoms with van der Waals surface area (Å²) in [5.41, 5.74) is 0. The molecule has 2 rings (SSSR count). The van der Waals surface area contributed by atoms with Gasteiger partial charge in [-0.05, 0) is 6.92 Å². The first-order valence-electron chi connectivity index (χ1n) is 8.61. The Labute approximate surface area is 157 Å². The first-order chi connectivity index (χ1) is 12.7. The van der Waals surface area contributed by atoms with Crippen LogP contribution in [0.1, 0.15) is 19.8 Å². The van der Waals surface area contributed by atoms with Gasteiger partial charge in [-0.3, -0.25) is 9.36 Å². The third-order valence-corrected chi connectivity index (χ3v) is 4.92. The monoisotopic (exact) mass is 377 g/mol. The van der Waals surface area contributed by atoms with Crippen molar-refractivity contribution in [3.63, 3.8) is 0 Å². The molecule has 0 bridgehead atoms. The van der Waals surface area contributed by atoms with Crippen LogP contribution in [0.3, 0.4) is 0 Å². The Kier molecular flexibility index (Phi) is 8.19. The van der Waals surface area contributed by atoms with E-state index in [0.29, 0.717) is 38.0 Å². The second kappa shape index (κ2) is 10.6. The minimum Gasteiger partial charge on any atom is -0.378 e. The molecule has 0 radical (unpaired) electrons. The highest BCUT2D eigenvalue weighted by molar-refractivity contribution is 7.99. The summed E-state index contributed by atoms with van der Waals surface area (Å²) in [6.45, 7) is 6.31. The average Bonchev–Trinajstić information content (AvgIpc) is 3.09. The van der Waals surface area contributed by atoms with Crippen molar-refractivity contribution in [2.24, 2.45) is 0 Å². The lowest BCUT2D eigenvalue weighted by Gasteiger charge is -2.27. The van der Waals surface area contributed by atoms with Crippen molar-refractivity contribution < 1.29 is 9.53 Å². The van der Waals surface area contributed by atoms with Gasteiger partial charge in [-0.2, -0.15) is 10.5 Å². The Morgan fingerprint density at radius 3 is 2.46 bits per heavy atom. The summed E-state index contributed by atoms with van der Waals surface area (Å²) < 4.78 is 7.37. The van der Waals surface area contributed by atoms with Gasteiger partial charge in [0.1, 0.15) is 0 Å². The first kappa shape index (κ1) is 20.0. The van der Waals surface area contributed by atoms with Crippen LogP contribution in [0.2, 0.25) is 0 Å². The second-order valence-electron chi connectivity index (χ2n) is 5.61. The quantitative estimate of drug-likeness (QED) is 0.583. The summed E-state index contributed by atoms with van der Waals surface area (Å²) in [6.07, 6.45) is 0.516. The molecule has 0 atom stereocenters. The number of carbonyl (C=O) groups excluding carboxylic acids is 1. The van der Waals surface area contributed by atoms with Crippen LogP contribution in [0.5, 0.6) is 0 Å². The van der Waals surface area contributed by atoms with Gasteiger partial charge in [0.2, 0.25) is 11.9 Å². The molecule has 26 heavy (non-hydrogen) atoms. The number of aromatic nitrogens is 3. The van der Waals surface area contributed by atoms with Crippen molar-refractivity contribution in [2.45, 2.75) is 31.5 Å². The van der Waals surface area contributed by atoms with E-state index in [1.54, 1.807) is 4.90 Å². The van der Waals surface area contributed by atoms with Crippen molar-refractivity contribution >= 4 is 23.6 Å². The molecular weight excluding hydrogens is 354 g/mol. The molecule has 0 spiro atoms. The number of morpholine rings is 1. The highest BCUT2D eigenvalue weighted by atomic mass is 32.2. The molecule has 1 aliphatic rings. The fourth-order valence-electron chi connectivity index (χ4n) is 2.61. The zero-order chi connectivity index (χ0) is 18.8. The van der Waals surface area contributed by atoms with Gasteiger partial charge in [-0.25, -0.2) is 0 Å². The van der Waals surface area contributed by atoms with Crippen molar-refractivity contribution in [1.82, 2.24) is 19.7 Å². The SMILES string of the molecule is CCn1c(SCC(=O)N(CCC#N)CCC#N)nnc1N1CCOCC1. The van der Waals surface area contributed by atoms with Gasteiger partial charge >= 0.3 is 0 Å². The summed E-state index contributed by atoms with van der Waals surface area (Å²) in [7, 11) is 0. The number of hydrogen-bond acceptors (Lipinski definition) is 8. The van der Waals surface area contributed by atoms with Crippen LogP contribution in [0.4, 0.5) is 5.95 Å². The number of nitriles is 2. The fourth-order valence-corrected chi connectivity index (χ4v) is 3.51. The molecule has 1 amide bonds. The number of nitrogens with zero attached hydrogens (tertiary/aromatic N) is 7. The van der Waals surface area contributed by atoms with E-state index < -0.39 is 0 Å². The van der Waals surface area contributed by atoms with Crippen molar-refractivity contribution in [3.8, 4) is 12.1 Å². The van der Waals surface area contributed by atoms with E-state index >= 15 is 0 Å². The lowest BCUT2D eigenvalue weighted by Crippen LogP contribution is -2.38. The van der Waals surface area contributed by atoms with E-state index in [4.69, 9.17) is 15.3 Å². The highest BCUT2D eigenvalue weighted by Gasteiger charge is 2.21. The van der Waals surface area contributed by atoms with E-state index in [-0.39, 0.29) is 24.5 Å². The molecule has 0 aromatic carbocycles. The maximum Gasteiger partial charge on any atom is 0.233 e. The molecule has 10 heteroatoms. The molecule has 2 heterocycles. The Bertz CT molecular complexity index is 655. The van der Waals surface area contributed by atoms with Gasteiger partial charge in [0.15, 0.2) is 5.16 Å². The fraction of sp³-hybridized carbons (Fsp3) is 0.688. The largest absolute Gasteiger partial charge is 0.378 e. The van der Waals surface area contributed by atoms with Gasteiger partial charge in [-0.15, -0.1) is 10.2 Å². The van der Waals surface area contributed by atoms with Gasteiger partial charge in [-0.1, -0.05) is 11.8 Å². The van der Waals surface area contributed by atoms with Crippen LogP contribution >= 0.6 is 11.8 Å². The van der Waals surface area contributed by atoms with E-state index in [2.05, 4.69) is 15.1 Å².